The van der Waals surface area contributed by atoms with Gasteiger partial charge < -0.3 is 20.5 Å². The largest absolute Gasteiger partial charge is 0.389 e. The third-order valence-electron chi connectivity index (χ3n) is 2.06. The van der Waals surface area contributed by atoms with Gasteiger partial charge in [0.1, 0.15) is 0 Å². The molecular weight excluding hydrogens is 242 g/mol. The molecule has 0 aliphatic heterocycles. The van der Waals surface area contributed by atoms with Gasteiger partial charge in [-0.1, -0.05) is 13.8 Å². The van der Waals surface area contributed by atoms with Crippen molar-refractivity contribution in [2.24, 2.45) is 10.9 Å². The van der Waals surface area contributed by atoms with Crippen molar-refractivity contribution in [2.45, 2.75) is 53.2 Å². The van der Waals surface area contributed by atoms with Gasteiger partial charge in [0.25, 0.3) is 0 Å². The number of aliphatic imine (C=N–C) groups is 1. The van der Waals surface area contributed by atoms with E-state index in [1.54, 1.807) is 0 Å². The number of hydrogen-bond acceptors (Lipinski definition) is 3. The van der Waals surface area contributed by atoms with Gasteiger partial charge in [-0.2, -0.15) is 0 Å². The fraction of sp³-hybridized carbons (Fsp3) is 0.929. The van der Waals surface area contributed by atoms with Crippen LogP contribution < -0.4 is 10.6 Å². The van der Waals surface area contributed by atoms with Crippen LogP contribution in [0.2, 0.25) is 0 Å². The standard InChI is InChI=1S/C14H31N3O2/c1-7-15-13(17-14(4,5)6)16-8-12(18)10-19-9-11(2)3/h11-12,18H,7-10H2,1-6H3,(H2,15,16,17). The Kier molecular flexibility index (Phi) is 8.76. The van der Waals surface area contributed by atoms with Gasteiger partial charge in [0.2, 0.25) is 0 Å². The average molecular weight is 273 g/mol. The van der Waals surface area contributed by atoms with E-state index < -0.39 is 6.10 Å². The van der Waals surface area contributed by atoms with Crippen molar-refractivity contribution in [2.75, 3.05) is 26.3 Å². The number of aliphatic hydroxyl groups excluding tert-OH is 1. The second-order valence-electron chi connectivity index (χ2n) is 6.18. The third-order valence-corrected chi connectivity index (χ3v) is 2.06. The fourth-order valence-electron chi connectivity index (χ4n) is 1.35. The SMILES string of the molecule is CCNC(=NCC(O)COCC(C)C)NC(C)(C)C. The van der Waals surface area contributed by atoms with Crippen molar-refractivity contribution < 1.29 is 9.84 Å². The molecule has 0 spiro atoms. The van der Waals surface area contributed by atoms with Gasteiger partial charge in [-0.05, 0) is 33.6 Å². The van der Waals surface area contributed by atoms with Gasteiger partial charge in [-0.3, -0.25) is 4.99 Å². The van der Waals surface area contributed by atoms with Crippen molar-refractivity contribution >= 4 is 5.96 Å². The zero-order chi connectivity index (χ0) is 14.9. The van der Waals surface area contributed by atoms with Crippen LogP contribution in [0, 0.1) is 5.92 Å². The lowest BCUT2D eigenvalue weighted by molar-refractivity contribution is 0.0301. The van der Waals surface area contributed by atoms with Gasteiger partial charge >= 0.3 is 0 Å². The summed E-state index contributed by atoms with van der Waals surface area (Å²) in [6, 6.07) is 0. The molecule has 5 nitrogen and oxygen atoms in total. The van der Waals surface area contributed by atoms with Crippen molar-refractivity contribution in [3.05, 3.63) is 0 Å². The number of rotatable bonds is 7. The molecule has 3 N–H and O–H groups in total. The molecule has 0 bridgehead atoms. The second kappa shape index (κ2) is 9.15. The van der Waals surface area contributed by atoms with Crippen molar-refractivity contribution in [1.29, 1.82) is 0 Å². The van der Waals surface area contributed by atoms with Crippen LogP contribution in [0.5, 0.6) is 0 Å². The summed E-state index contributed by atoms with van der Waals surface area (Å²) in [5.74, 6) is 1.20. The average Bonchev–Trinajstić information content (AvgIpc) is 2.23. The summed E-state index contributed by atoms with van der Waals surface area (Å²) in [5, 5.41) is 16.2. The summed E-state index contributed by atoms with van der Waals surface area (Å²) < 4.78 is 5.39. The summed E-state index contributed by atoms with van der Waals surface area (Å²) in [6.45, 7) is 14.5. The molecule has 19 heavy (non-hydrogen) atoms. The Morgan fingerprint density at radius 3 is 2.37 bits per heavy atom. The second-order valence-corrected chi connectivity index (χ2v) is 6.18. The summed E-state index contributed by atoms with van der Waals surface area (Å²) in [4.78, 5) is 4.36. The first-order valence-corrected chi connectivity index (χ1v) is 7.07. The normalized spacial score (nSPS) is 14.6. The molecule has 1 unspecified atom stereocenters. The van der Waals surface area contributed by atoms with Crippen molar-refractivity contribution in [1.82, 2.24) is 10.6 Å². The number of ether oxygens (including phenoxy) is 1. The van der Waals surface area contributed by atoms with Crippen LogP contribution in [-0.4, -0.2) is 49.0 Å². The minimum Gasteiger partial charge on any atom is -0.389 e. The summed E-state index contributed by atoms with van der Waals surface area (Å²) in [5.41, 5.74) is -0.0555. The van der Waals surface area contributed by atoms with E-state index in [0.29, 0.717) is 25.7 Å². The van der Waals surface area contributed by atoms with Gasteiger partial charge in [-0.25, -0.2) is 0 Å². The van der Waals surface area contributed by atoms with E-state index in [1.807, 2.05) is 6.92 Å². The zero-order valence-electron chi connectivity index (χ0n) is 13.3. The summed E-state index contributed by atoms with van der Waals surface area (Å²) >= 11 is 0. The highest BCUT2D eigenvalue weighted by Gasteiger charge is 2.12. The lowest BCUT2D eigenvalue weighted by Crippen LogP contribution is -2.48. The van der Waals surface area contributed by atoms with E-state index in [0.717, 1.165) is 12.5 Å². The third kappa shape index (κ3) is 12.0. The lowest BCUT2D eigenvalue weighted by atomic mass is 10.1. The van der Waals surface area contributed by atoms with Gasteiger partial charge in [0.05, 0.1) is 19.3 Å². The molecule has 0 aromatic carbocycles. The van der Waals surface area contributed by atoms with E-state index in [4.69, 9.17) is 4.74 Å². The lowest BCUT2D eigenvalue weighted by Gasteiger charge is -2.24. The molecule has 0 rings (SSSR count). The summed E-state index contributed by atoms with van der Waals surface area (Å²) in [6.07, 6.45) is -0.561. The zero-order valence-corrected chi connectivity index (χ0v) is 13.3. The van der Waals surface area contributed by atoms with Crippen LogP contribution >= 0.6 is 0 Å². The minimum atomic E-state index is -0.561. The highest BCUT2D eigenvalue weighted by molar-refractivity contribution is 5.80. The molecular formula is C14H31N3O2. The molecule has 5 heteroatoms. The van der Waals surface area contributed by atoms with Gasteiger partial charge in [0.15, 0.2) is 5.96 Å². The predicted octanol–water partition coefficient (Wildman–Crippen LogP) is 1.37. The number of guanidine groups is 1. The highest BCUT2D eigenvalue weighted by atomic mass is 16.5. The maximum atomic E-state index is 9.79. The Hall–Kier alpha value is -0.810. The smallest absolute Gasteiger partial charge is 0.191 e. The summed E-state index contributed by atoms with van der Waals surface area (Å²) in [7, 11) is 0. The first kappa shape index (κ1) is 18.2. The molecule has 0 saturated heterocycles. The maximum absolute atomic E-state index is 9.79. The number of nitrogens with zero attached hydrogens (tertiary/aromatic N) is 1. The topological polar surface area (TPSA) is 65.9 Å². The van der Waals surface area contributed by atoms with Gasteiger partial charge in [-0.15, -0.1) is 0 Å². The number of nitrogens with one attached hydrogen (secondary N) is 2. The Bertz CT molecular complexity index is 260. The Balaban J connectivity index is 4.14. The molecule has 0 radical (unpaired) electrons. The minimum absolute atomic E-state index is 0.0555. The fourth-order valence-corrected chi connectivity index (χ4v) is 1.35. The Morgan fingerprint density at radius 1 is 1.26 bits per heavy atom. The molecule has 1 atom stereocenters. The van der Waals surface area contributed by atoms with Crippen LogP contribution in [0.1, 0.15) is 41.5 Å². The molecule has 114 valence electrons. The first-order chi connectivity index (χ1) is 8.74. The first-order valence-electron chi connectivity index (χ1n) is 7.07. The van der Waals surface area contributed by atoms with Crippen LogP contribution in [0.3, 0.4) is 0 Å². The van der Waals surface area contributed by atoms with E-state index >= 15 is 0 Å². The predicted molar refractivity (Wildman–Crippen MR) is 80.5 cm³/mol. The van der Waals surface area contributed by atoms with Crippen LogP contribution in [0.25, 0.3) is 0 Å². The molecule has 0 aliphatic carbocycles. The van der Waals surface area contributed by atoms with E-state index in [1.165, 1.54) is 0 Å². The molecule has 0 fully saturated rings. The molecule has 0 aromatic heterocycles. The molecule has 0 aromatic rings. The Morgan fingerprint density at radius 2 is 1.89 bits per heavy atom. The number of aliphatic hydroxyl groups is 1. The molecule has 0 amide bonds. The van der Waals surface area contributed by atoms with E-state index in [-0.39, 0.29) is 5.54 Å². The van der Waals surface area contributed by atoms with Crippen molar-refractivity contribution in [3.8, 4) is 0 Å². The quantitative estimate of drug-likeness (QED) is 0.484. The molecule has 0 saturated carbocycles. The van der Waals surface area contributed by atoms with Gasteiger partial charge in [0, 0.05) is 18.7 Å². The van der Waals surface area contributed by atoms with Crippen LogP contribution in [0.15, 0.2) is 4.99 Å². The van der Waals surface area contributed by atoms with E-state index in [9.17, 15) is 5.11 Å². The van der Waals surface area contributed by atoms with Crippen molar-refractivity contribution in [3.63, 3.8) is 0 Å². The highest BCUT2D eigenvalue weighted by Crippen LogP contribution is 1.98. The monoisotopic (exact) mass is 273 g/mol. The molecule has 0 aliphatic rings. The maximum Gasteiger partial charge on any atom is 0.191 e. The Labute approximate surface area is 117 Å². The number of hydrogen-bond donors (Lipinski definition) is 3. The van der Waals surface area contributed by atoms with Crippen LogP contribution in [0.4, 0.5) is 0 Å². The van der Waals surface area contributed by atoms with Crippen LogP contribution in [-0.2, 0) is 4.74 Å². The molecule has 0 heterocycles. The van der Waals surface area contributed by atoms with E-state index in [2.05, 4.69) is 50.2 Å².